The largest absolute Gasteiger partial charge is 0.381 e. The van der Waals surface area contributed by atoms with Crippen molar-refractivity contribution in [1.82, 2.24) is 9.88 Å². The lowest BCUT2D eigenvalue weighted by Gasteiger charge is -2.31. The van der Waals surface area contributed by atoms with Crippen molar-refractivity contribution in [2.75, 3.05) is 25.7 Å². The zero-order valence-electron chi connectivity index (χ0n) is 10.7. The molecule has 0 unspecified atom stereocenters. The average molecular weight is 329 g/mol. The lowest BCUT2D eigenvalue weighted by molar-refractivity contribution is 0.0362. The van der Waals surface area contributed by atoms with Crippen LogP contribution in [0.4, 0.5) is 5.82 Å². The minimum absolute atomic E-state index is 0.0892. The van der Waals surface area contributed by atoms with E-state index in [4.69, 9.17) is 10.6 Å². The van der Waals surface area contributed by atoms with Gasteiger partial charge in [0.1, 0.15) is 0 Å². The molecule has 1 aliphatic heterocycles. The van der Waals surface area contributed by atoms with E-state index in [1.807, 2.05) is 0 Å². The molecule has 1 aromatic heterocycles. The highest BCUT2D eigenvalue weighted by atomic mass is 79.9. The number of hydrazine groups is 1. The minimum Gasteiger partial charge on any atom is -0.381 e. The molecule has 0 aromatic carbocycles. The fraction of sp³-hybridized carbons (Fsp3) is 0.500. The summed E-state index contributed by atoms with van der Waals surface area (Å²) in [5.74, 6) is 5.69. The molecule has 1 fully saturated rings. The predicted octanol–water partition coefficient (Wildman–Crippen LogP) is 1.38. The number of nitrogens with zero attached hydrogens (tertiary/aromatic N) is 2. The summed E-state index contributed by atoms with van der Waals surface area (Å²) in [5.41, 5.74) is 2.92. The Morgan fingerprint density at radius 3 is 2.89 bits per heavy atom. The van der Waals surface area contributed by atoms with Crippen LogP contribution in [-0.4, -0.2) is 42.1 Å². The highest BCUT2D eigenvalue weighted by molar-refractivity contribution is 9.10. The van der Waals surface area contributed by atoms with Gasteiger partial charge in [0.15, 0.2) is 5.82 Å². The standard InChI is InChI=1S/C12H17BrN4O2/c1-17(9-2-4-19-5-3-9)12(18)10-6-8(13)7-15-11(10)16-14/h6-7,9H,2-5,14H2,1H3,(H,15,16). The number of aromatic nitrogens is 1. The van der Waals surface area contributed by atoms with E-state index in [1.165, 1.54) is 0 Å². The molecule has 6 nitrogen and oxygen atoms in total. The minimum atomic E-state index is -0.0892. The molecule has 0 bridgehead atoms. The summed E-state index contributed by atoms with van der Waals surface area (Å²) in [7, 11) is 1.81. The molecule has 1 aliphatic rings. The van der Waals surface area contributed by atoms with Crippen molar-refractivity contribution in [1.29, 1.82) is 0 Å². The molecule has 7 heteroatoms. The van der Waals surface area contributed by atoms with Crippen molar-refractivity contribution in [3.8, 4) is 0 Å². The Labute approximate surface area is 120 Å². The Morgan fingerprint density at radius 1 is 1.58 bits per heavy atom. The SMILES string of the molecule is CN(C(=O)c1cc(Br)cnc1NN)C1CCOCC1. The summed E-state index contributed by atoms with van der Waals surface area (Å²) in [6, 6.07) is 1.92. The van der Waals surface area contributed by atoms with Crippen LogP contribution in [0.2, 0.25) is 0 Å². The van der Waals surface area contributed by atoms with Crippen LogP contribution in [0.25, 0.3) is 0 Å². The first-order chi connectivity index (χ1) is 9.13. The molecular formula is C12H17BrN4O2. The summed E-state index contributed by atoms with van der Waals surface area (Å²) in [4.78, 5) is 18.3. The van der Waals surface area contributed by atoms with Crippen molar-refractivity contribution < 1.29 is 9.53 Å². The number of halogens is 1. The van der Waals surface area contributed by atoms with Gasteiger partial charge < -0.3 is 15.1 Å². The van der Waals surface area contributed by atoms with Crippen molar-refractivity contribution >= 4 is 27.7 Å². The van der Waals surface area contributed by atoms with Gasteiger partial charge in [-0.1, -0.05) is 0 Å². The molecule has 0 saturated carbocycles. The van der Waals surface area contributed by atoms with E-state index in [0.29, 0.717) is 24.6 Å². The van der Waals surface area contributed by atoms with Crippen LogP contribution in [0.15, 0.2) is 16.7 Å². The second kappa shape index (κ2) is 6.31. The Hall–Kier alpha value is -1.18. The fourth-order valence-electron chi connectivity index (χ4n) is 2.15. The zero-order chi connectivity index (χ0) is 13.8. The average Bonchev–Trinajstić information content (AvgIpc) is 2.46. The van der Waals surface area contributed by atoms with Crippen molar-refractivity contribution in [3.05, 3.63) is 22.3 Å². The number of pyridine rings is 1. The van der Waals surface area contributed by atoms with Gasteiger partial charge in [0.05, 0.1) is 5.56 Å². The predicted molar refractivity (Wildman–Crippen MR) is 75.7 cm³/mol. The van der Waals surface area contributed by atoms with Gasteiger partial charge in [0.25, 0.3) is 5.91 Å². The van der Waals surface area contributed by atoms with Crippen LogP contribution in [0, 0.1) is 0 Å². The second-order valence-corrected chi connectivity index (χ2v) is 5.37. The number of ether oxygens (including phenoxy) is 1. The lowest BCUT2D eigenvalue weighted by atomic mass is 10.1. The number of rotatable bonds is 3. The molecule has 0 aliphatic carbocycles. The molecule has 1 aromatic rings. The summed E-state index contributed by atoms with van der Waals surface area (Å²) in [6.07, 6.45) is 3.31. The first-order valence-corrected chi connectivity index (χ1v) is 6.90. The van der Waals surface area contributed by atoms with E-state index < -0.39 is 0 Å². The van der Waals surface area contributed by atoms with Crippen molar-refractivity contribution in [3.63, 3.8) is 0 Å². The summed E-state index contributed by atoms with van der Waals surface area (Å²) in [5, 5.41) is 0. The molecule has 0 radical (unpaired) electrons. The molecule has 0 atom stereocenters. The van der Waals surface area contributed by atoms with E-state index in [9.17, 15) is 4.79 Å². The van der Waals surface area contributed by atoms with Crippen LogP contribution in [-0.2, 0) is 4.74 Å². The third kappa shape index (κ3) is 3.23. The Morgan fingerprint density at radius 2 is 2.26 bits per heavy atom. The Balaban J connectivity index is 2.20. The molecule has 2 rings (SSSR count). The van der Waals surface area contributed by atoms with Crippen LogP contribution < -0.4 is 11.3 Å². The van der Waals surface area contributed by atoms with Crippen LogP contribution in [0.5, 0.6) is 0 Å². The van der Waals surface area contributed by atoms with Gasteiger partial charge in [0.2, 0.25) is 0 Å². The van der Waals surface area contributed by atoms with Crippen molar-refractivity contribution in [2.24, 2.45) is 5.84 Å². The van der Waals surface area contributed by atoms with Gasteiger partial charge in [-0.05, 0) is 34.8 Å². The van der Waals surface area contributed by atoms with E-state index in [0.717, 1.165) is 17.3 Å². The summed E-state index contributed by atoms with van der Waals surface area (Å²) in [6.45, 7) is 1.39. The number of amides is 1. The number of carbonyl (C=O) groups is 1. The number of anilines is 1. The molecule has 19 heavy (non-hydrogen) atoms. The second-order valence-electron chi connectivity index (χ2n) is 4.45. The number of hydrogen-bond donors (Lipinski definition) is 2. The van der Waals surface area contributed by atoms with Gasteiger partial charge in [-0.2, -0.15) is 0 Å². The van der Waals surface area contributed by atoms with Gasteiger partial charge in [-0.25, -0.2) is 10.8 Å². The monoisotopic (exact) mass is 328 g/mol. The molecular weight excluding hydrogens is 312 g/mol. The quantitative estimate of drug-likeness (QED) is 0.647. The highest BCUT2D eigenvalue weighted by Crippen LogP contribution is 2.21. The summed E-state index contributed by atoms with van der Waals surface area (Å²) < 4.78 is 6.05. The first-order valence-electron chi connectivity index (χ1n) is 6.10. The molecule has 3 N–H and O–H groups in total. The van der Waals surface area contributed by atoms with Crippen LogP contribution in [0.3, 0.4) is 0 Å². The Bertz CT molecular complexity index is 463. The summed E-state index contributed by atoms with van der Waals surface area (Å²) >= 11 is 3.32. The Kier molecular flexibility index (Phi) is 4.73. The number of nitrogen functional groups attached to an aromatic ring is 1. The number of carbonyl (C=O) groups excluding carboxylic acids is 1. The smallest absolute Gasteiger partial charge is 0.257 e. The van der Waals surface area contributed by atoms with Gasteiger partial charge in [-0.3, -0.25) is 4.79 Å². The van der Waals surface area contributed by atoms with E-state index in [2.05, 4.69) is 26.3 Å². The molecule has 0 spiro atoms. The fourth-order valence-corrected chi connectivity index (χ4v) is 2.48. The van der Waals surface area contributed by atoms with Gasteiger partial charge in [0, 0.05) is 37.0 Å². The third-order valence-corrected chi connectivity index (χ3v) is 3.71. The molecule has 2 heterocycles. The molecule has 1 amide bonds. The third-order valence-electron chi connectivity index (χ3n) is 3.28. The van der Waals surface area contributed by atoms with Gasteiger partial charge >= 0.3 is 0 Å². The van der Waals surface area contributed by atoms with E-state index >= 15 is 0 Å². The molecule has 104 valence electrons. The maximum Gasteiger partial charge on any atom is 0.257 e. The number of hydrogen-bond acceptors (Lipinski definition) is 5. The normalized spacial score (nSPS) is 16.2. The maximum absolute atomic E-state index is 12.5. The first kappa shape index (κ1) is 14.2. The number of nitrogens with two attached hydrogens (primary N) is 1. The van der Waals surface area contributed by atoms with E-state index in [1.54, 1.807) is 24.2 Å². The van der Waals surface area contributed by atoms with E-state index in [-0.39, 0.29) is 11.9 Å². The van der Waals surface area contributed by atoms with Crippen molar-refractivity contribution in [2.45, 2.75) is 18.9 Å². The van der Waals surface area contributed by atoms with Crippen LogP contribution >= 0.6 is 15.9 Å². The lowest BCUT2D eigenvalue weighted by Crippen LogP contribution is -2.41. The zero-order valence-corrected chi connectivity index (χ0v) is 12.3. The van der Waals surface area contributed by atoms with Crippen LogP contribution in [0.1, 0.15) is 23.2 Å². The topological polar surface area (TPSA) is 80.5 Å². The van der Waals surface area contributed by atoms with Gasteiger partial charge in [-0.15, -0.1) is 0 Å². The molecule has 1 saturated heterocycles. The highest BCUT2D eigenvalue weighted by Gasteiger charge is 2.25. The maximum atomic E-state index is 12.5. The number of nitrogens with one attached hydrogen (secondary N) is 1.